The lowest BCUT2D eigenvalue weighted by molar-refractivity contribution is 0.663. The summed E-state index contributed by atoms with van der Waals surface area (Å²) in [6, 6.07) is 0. The average Bonchev–Trinajstić information content (AvgIpc) is 1.63. The van der Waals surface area contributed by atoms with Crippen LogP contribution in [0.3, 0.4) is 0 Å². The quantitative estimate of drug-likeness (QED) is 0.613. The van der Waals surface area contributed by atoms with E-state index in [0.717, 1.165) is 6.08 Å². The third-order valence-electron chi connectivity index (χ3n) is 0.542. The van der Waals surface area contributed by atoms with Gasteiger partial charge in [0.1, 0.15) is 5.83 Å². The molecule has 0 amide bonds. The third kappa shape index (κ3) is 4.43. The van der Waals surface area contributed by atoms with E-state index in [9.17, 15) is 4.39 Å². The zero-order chi connectivity index (χ0) is 7.44. The Morgan fingerprint density at radius 1 is 1.56 bits per heavy atom. The molecule has 0 nitrogen and oxygen atoms in total. The van der Waals surface area contributed by atoms with Crippen molar-refractivity contribution in [3.05, 3.63) is 34.6 Å². The molecule has 9 heavy (non-hydrogen) atoms. The maximum atomic E-state index is 12.3. The van der Waals surface area contributed by atoms with Gasteiger partial charge in [0.2, 0.25) is 0 Å². The molecule has 0 aromatic heterocycles. The molecule has 0 bridgehead atoms. The molecular weight excluding hydrogens is 206 g/mol. The Morgan fingerprint density at radius 2 is 2.00 bits per heavy atom. The largest absolute Gasteiger partial charge is 0.205 e. The highest BCUT2D eigenvalue weighted by atomic mass is 79.9. The van der Waals surface area contributed by atoms with E-state index in [1.54, 1.807) is 0 Å². The second kappa shape index (κ2) is 3.85. The number of hydrogen-bond donors (Lipinski definition) is 0. The molecule has 0 N–H and O–H groups in total. The van der Waals surface area contributed by atoms with Crippen LogP contribution in [0.15, 0.2) is 34.6 Å². The van der Waals surface area contributed by atoms with Crippen molar-refractivity contribution < 1.29 is 4.39 Å². The van der Waals surface area contributed by atoms with Crippen LogP contribution in [0.1, 0.15) is 0 Å². The van der Waals surface area contributed by atoms with Crippen LogP contribution in [0.4, 0.5) is 4.39 Å². The van der Waals surface area contributed by atoms with Crippen molar-refractivity contribution in [3.8, 4) is 0 Å². The molecule has 0 atom stereocenters. The van der Waals surface area contributed by atoms with Gasteiger partial charge < -0.3 is 0 Å². The van der Waals surface area contributed by atoms with Crippen molar-refractivity contribution in [2.24, 2.45) is 0 Å². The van der Waals surface area contributed by atoms with E-state index in [-0.39, 0.29) is 5.03 Å². The smallest absolute Gasteiger partial charge is 0.142 e. The Labute approximate surface area is 66.8 Å². The van der Waals surface area contributed by atoms with Crippen molar-refractivity contribution in [2.45, 2.75) is 0 Å². The first kappa shape index (κ1) is 8.92. The molecule has 50 valence electrons. The van der Waals surface area contributed by atoms with E-state index < -0.39 is 5.83 Å². The van der Waals surface area contributed by atoms with Gasteiger partial charge in [-0.25, -0.2) is 4.39 Å². The molecule has 0 aromatic rings. The third-order valence-corrected chi connectivity index (χ3v) is 0.952. The average molecular weight is 211 g/mol. The predicted octanol–water partition coefficient (Wildman–Crippen LogP) is 3.50. The van der Waals surface area contributed by atoms with Gasteiger partial charge in [0.25, 0.3) is 0 Å². The molecule has 0 fully saturated rings. The van der Waals surface area contributed by atoms with E-state index in [1.165, 1.54) is 0 Å². The van der Waals surface area contributed by atoms with Crippen LogP contribution < -0.4 is 0 Å². The van der Waals surface area contributed by atoms with Crippen LogP contribution in [-0.2, 0) is 0 Å². The van der Waals surface area contributed by atoms with Crippen molar-refractivity contribution >= 4 is 27.5 Å². The summed E-state index contributed by atoms with van der Waals surface area (Å²) in [7, 11) is 0. The zero-order valence-electron chi connectivity index (χ0n) is 4.63. The Morgan fingerprint density at radius 3 is 2.11 bits per heavy atom. The monoisotopic (exact) mass is 210 g/mol. The minimum Gasteiger partial charge on any atom is -0.205 e. The Bertz CT molecular complexity index is 172. The summed E-state index contributed by atoms with van der Waals surface area (Å²) in [5.41, 5.74) is 0. The first-order chi connectivity index (χ1) is 4.04. The molecule has 0 heterocycles. The first-order valence-electron chi connectivity index (χ1n) is 2.10. The standard InChI is InChI=1S/C6H5BrClF/c1-4(7)3-6(9)5(2)8/h3H,1-2H2/b6-3+. The van der Waals surface area contributed by atoms with Gasteiger partial charge in [-0.3, -0.25) is 0 Å². The van der Waals surface area contributed by atoms with Gasteiger partial charge >= 0.3 is 0 Å². The second-order valence-corrected chi connectivity index (χ2v) is 2.82. The fraction of sp³-hybridized carbons (Fsp3) is 0. The van der Waals surface area contributed by atoms with E-state index >= 15 is 0 Å². The summed E-state index contributed by atoms with van der Waals surface area (Å²) in [4.78, 5) is 0. The fourth-order valence-electron chi connectivity index (χ4n) is 0.216. The molecule has 3 heteroatoms. The van der Waals surface area contributed by atoms with E-state index in [2.05, 4.69) is 29.1 Å². The summed E-state index contributed by atoms with van der Waals surface area (Å²) < 4.78 is 12.7. The van der Waals surface area contributed by atoms with Crippen LogP contribution in [0, 0.1) is 0 Å². The summed E-state index contributed by atoms with van der Waals surface area (Å²) >= 11 is 8.11. The number of hydrogen-bond acceptors (Lipinski definition) is 0. The lowest BCUT2D eigenvalue weighted by Gasteiger charge is -1.88. The van der Waals surface area contributed by atoms with Gasteiger partial charge in [-0.2, -0.15) is 0 Å². The molecule has 0 saturated heterocycles. The number of rotatable bonds is 2. The van der Waals surface area contributed by atoms with Gasteiger partial charge in [-0.15, -0.1) is 0 Å². The van der Waals surface area contributed by atoms with Crippen molar-refractivity contribution in [1.82, 2.24) is 0 Å². The van der Waals surface area contributed by atoms with Crippen LogP contribution in [0.2, 0.25) is 0 Å². The molecule has 0 radical (unpaired) electrons. The minimum atomic E-state index is -0.571. The molecular formula is C6H5BrClF. The SMILES string of the molecule is C=C(Br)/C=C(/F)C(=C)Cl. The van der Waals surface area contributed by atoms with Gasteiger partial charge in [0.15, 0.2) is 0 Å². The van der Waals surface area contributed by atoms with Crippen LogP contribution >= 0.6 is 27.5 Å². The van der Waals surface area contributed by atoms with Gasteiger partial charge in [0.05, 0.1) is 5.03 Å². The molecule has 0 rings (SSSR count). The first-order valence-corrected chi connectivity index (χ1v) is 3.27. The van der Waals surface area contributed by atoms with E-state index in [1.807, 2.05) is 0 Å². The van der Waals surface area contributed by atoms with Gasteiger partial charge in [-0.1, -0.05) is 40.7 Å². The highest BCUT2D eigenvalue weighted by Crippen LogP contribution is 2.16. The summed E-state index contributed by atoms with van der Waals surface area (Å²) in [6.45, 7) is 6.55. The van der Waals surface area contributed by atoms with Gasteiger partial charge in [-0.05, 0) is 6.08 Å². The molecule has 0 spiro atoms. The molecule has 0 saturated carbocycles. The molecule has 0 aliphatic heterocycles. The van der Waals surface area contributed by atoms with Crippen molar-refractivity contribution in [1.29, 1.82) is 0 Å². The summed E-state index contributed by atoms with van der Waals surface area (Å²) in [5, 5.41) is -0.115. The maximum absolute atomic E-state index is 12.3. The highest BCUT2D eigenvalue weighted by Gasteiger charge is 1.95. The predicted molar refractivity (Wildman–Crippen MR) is 42.3 cm³/mol. The van der Waals surface area contributed by atoms with Gasteiger partial charge in [0, 0.05) is 4.48 Å². The van der Waals surface area contributed by atoms with Crippen molar-refractivity contribution in [2.75, 3.05) is 0 Å². The Hall–Kier alpha value is -0.0800. The molecule has 0 unspecified atom stereocenters. The maximum Gasteiger partial charge on any atom is 0.142 e. The topological polar surface area (TPSA) is 0 Å². The minimum absolute atomic E-state index is 0.115. The number of allylic oxidation sites excluding steroid dienone is 4. The van der Waals surface area contributed by atoms with Crippen LogP contribution in [0.25, 0.3) is 0 Å². The van der Waals surface area contributed by atoms with Crippen molar-refractivity contribution in [3.63, 3.8) is 0 Å². The second-order valence-electron chi connectivity index (χ2n) is 1.34. The highest BCUT2D eigenvalue weighted by molar-refractivity contribution is 9.11. The molecule has 0 aromatic carbocycles. The summed E-state index contributed by atoms with van der Waals surface area (Å²) in [5.74, 6) is -0.571. The zero-order valence-corrected chi connectivity index (χ0v) is 6.97. The lowest BCUT2D eigenvalue weighted by atomic mass is 10.4. The molecule has 0 aliphatic rings. The normalized spacial score (nSPS) is 11.2. The Kier molecular flexibility index (Phi) is 3.82. The summed E-state index contributed by atoms with van der Waals surface area (Å²) in [6.07, 6.45) is 1.15. The lowest BCUT2D eigenvalue weighted by Crippen LogP contribution is -1.69. The Balaban J connectivity index is 4.17. The van der Waals surface area contributed by atoms with Crippen LogP contribution in [-0.4, -0.2) is 0 Å². The van der Waals surface area contributed by atoms with Crippen LogP contribution in [0.5, 0.6) is 0 Å². The fourth-order valence-corrected chi connectivity index (χ4v) is 0.471. The van der Waals surface area contributed by atoms with E-state index in [0.29, 0.717) is 4.48 Å². The number of halogens is 3. The molecule has 0 aliphatic carbocycles. The van der Waals surface area contributed by atoms with E-state index in [4.69, 9.17) is 11.6 Å².